The lowest BCUT2D eigenvalue weighted by molar-refractivity contribution is 0.249. The summed E-state index contributed by atoms with van der Waals surface area (Å²) in [4.78, 5) is 9.18. The van der Waals surface area contributed by atoms with Crippen LogP contribution >= 0.6 is 0 Å². The van der Waals surface area contributed by atoms with Crippen molar-refractivity contribution in [2.75, 3.05) is 0 Å². The Labute approximate surface area is 197 Å². The average Bonchev–Trinajstić information content (AvgIpc) is 2.84. The van der Waals surface area contributed by atoms with E-state index in [4.69, 9.17) is 4.98 Å². The largest absolute Gasteiger partial charge is 0.244 e. The zero-order valence-electron chi connectivity index (χ0n) is 20.8. The number of benzene rings is 1. The summed E-state index contributed by atoms with van der Waals surface area (Å²) in [5.41, 5.74) is 5.31. The highest BCUT2D eigenvalue weighted by atomic mass is 14.8. The molecule has 1 aliphatic rings. The zero-order chi connectivity index (χ0) is 22.4. The predicted molar refractivity (Wildman–Crippen MR) is 138 cm³/mol. The van der Waals surface area contributed by atoms with Crippen molar-refractivity contribution in [3.63, 3.8) is 0 Å². The van der Waals surface area contributed by atoms with Gasteiger partial charge < -0.3 is 0 Å². The van der Waals surface area contributed by atoms with Crippen molar-refractivity contribution < 1.29 is 0 Å². The van der Waals surface area contributed by atoms with Crippen LogP contribution in [0.3, 0.4) is 0 Å². The van der Waals surface area contributed by atoms with Crippen molar-refractivity contribution >= 4 is 0 Å². The summed E-state index contributed by atoms with van der Waals surface area (Å²) in [6.07, 6.45) is 25.4. The Hall–Kier alpha value is -1.70. The summed E-state index contributed by atoms with van der Waals surface area (Å²) >= 11 is 0. The maximum atomic E-state index is 4.77. The molecule has 0 unspecified atom stereocenters. The predicted octanol–water partition coefficient (Wildman–Crippen LogP) is 8.98. The highest BCUT2D eigenvalue weighted by Crippen LogP contribution is 2.35. The summed E-state index contributed by atoms with van der Waals surface area (Å²) in [7, 11) is 0. The van der Waals surface area contributed by atoms with Crippen LogP contribution in [-0.4, -0.2) is 9.97 Å². The summed E-state index contributed by atoms with van der Waals surface area (Å²) < 4.78 is 0. The Morgan fingerprint density at radius 3 is 2.19 bits per heavy atom. The fourth-order valence-corrected chi connectivity index (χ4v) is 5.52. The molecule has 1 aromatic carbocycles. The lowest BCUT2D eigenvalue weighted by Gasteiger charge is -2.28. The first-order valence-corrected chi connectivity index (χ1v) is 13.7. The minimum Gasteiger partial charge on any atom is -0.244 e. The van der Waals surface area contributed by atoms with Crippen molar-refractivity contribution in [2.24, 2.45) is 11.8 Å². The van der Waals surface area contributed by atoms with Gasteiger partial charge in [0.25, 0.3) is 0 Å². The van der Waals surface area contributed by atoms with Gasteiger partial charge in [0, 0.05) is 11.8 Å². The van der Waals surface area contributed by atoms with E-state index >= 15 is 0 Å². The van der Waals surface area contributed by atoms with Crippen LogP contribution in [0.1, 0.15) is 115 Å². The molecule has 1 fully saturated rings. The van der Waals surface area contributed by atoms with Crippen LogP contribution in [0.4, 0.5) is 0 Å². The molecule has 176 valence electrons. The third-order valence-corrected chi connectivity index (χ3v) is 7.61. The highest BCUT2D eigenvalue weighted by Gasteiger charge is 2.21. The monoisotopic (exact) mass is 434 g/mol. The van der Waals surface area contributed by atoms with Gasteiger partial charge >= 0.3 is 0 Å². The lowest BCUT2D eigenvalue weighted by Crippen LogP contribution is -2.15. The van der Waals surface area contributed by atoms with Crippen molar-refractivity contribution in [1.82, 2.24) is 9.97 Å². The van der Waals surface area contributed by atoms with Gasteiger partial charge in [0.1, 0.15) is 6.33 Å². The Balaban J connectivity index is 1.55. The van der Waals surface area contributed by atoms with E-state index in [1.807, 2.05) is 0 Å². The number of unbranched alkanes of at least 4 members (excludes halogenated alkanes) is 6. The normalized spacial score (nSPS) is 18.7. The minimum absolute atomic E-state index is 0.888. The maximum absolute atomic E-state index is 4.77. The number of hydrogen-bond acceptors (Lipinski definition) is 2. The molecule has 0 amide bonds. The van der Waals surface area contributed by atoms with Gasteiger partial charge in [-0.05, 0) is 48.6 Å². The second kappa shape index (κ2) is 14.4. The van der Waals surface area contributed by atoms with Crippen molar-refractivity contribution in [3.05, 3.63) is 47.9 Å². The number of nitrogens with zero attached hydrogens (tertiary/aromatic N) is 2. The first kappa shape index (κ1) is 24.9. The summed E-state index contributed by atoms with van der Waals surface area (Å²) in [6.45, 7) is 4.59. The molecule has 1 aliphatic carbocycles. The van der Waals surface area contributed by atoms with E-state index in [9.17, 15) is 0 Å². The Bertz CT molecular complexity index is 761. The van der Waals surface area contributed by atoms with Gasteiger partial charge in [0.05, 0.1) is 5.69 Å². The first-order chi connectivity index (χ1) is 15.8. The van der Waals surface area contributed by atoms with E-state index in [1.165, 1.54) is 112 Å². The van der Waals surface area contributed by atoms with Crippen LogP contribution in [0, 0.1) is 11.8 Å². The molecular weight excluding hydrogens is 388 g/mol. The van der Waals surface area contributed by atoms with E-state index in [0.717, 1.165) is 24.7 Å². The van der Waals surface area contributed by atoms with Crippen LogP contribution in [0.2, 0.25) is 0 Å². The summed E-state index contributed by atoms with van der Waals surface area (Å²) in [5, 5.41) is 0. The second-order valence-electron chi connectivity index (χ2n) is 10.1. The van der Waals surface area contributed by atoms with E-state index in [1.54, 1.807) is 6.33 Å². The first-order valence-electron chi connectivity index (χ1n) is 13.7. The molecule has 0 radical (unpaired) electrons. The molecule has 1 heterocycles. The SMILES string of the molecule is CCCCCCCc1ccccc1-c1ncncc1CCC1CCC(CCCCC)CC1. The molecular formula is C30H46N2. The number of hydrogen-bond donors (Lipinski definition) is 0. The van der Waals surface area contributed by atoms with Gasteiger partial charge in [0.2, 0.25) is 0 Å². The Morgan fingerprint density at radius 2 is 1.41 bits per heavy atom. The van der Waals surface area contributed by atoms with Crippen molar-refractivity contribution in [2.45, 2.75) is 117 Å². The summed E-state index contributed by atoms with van der Waals surface area (Å²) in [6, 6.07) is 8.93. The standard InChI is InChI=1S/C30H46N2/c1-3-5-7-8-10-14-27-15-11-12-16-29(27)30-28(23-31-24-32-30)22-21-26-19-17-25(18-20-26)13-9-6-4-2/h11-12,15-16,23-26H,3-10,13-14,17-22H2,1-2H3. The van der Waals surface area contributed by atoms with Gasteiger partial charge in [-0.3, -0.25) is 0 Å². The molecule has 1 saturated carbocycles. The molecule has 2 nitrogen and oxygen atoms in total. The third kappa shape index (κ3) is 8.01. The lowest BCUT2D eigenvalue weighted by atomic mass is 9.77. The molecule has 32 heavy (non-hydrogen) atoms. The summed E-state index contributed by atoms with van der Waals surface area (Å²) in [5.74, 6) is 1.89. The van der Waals surface area contributed by atoms with Gasteiger partial charge in [-0.2, -0.15) is 0 Å². The number of aryl methyl sites for hydroxylation is 2. The Kier molecular flexibility index (Phi) is 11.3. The molecule has 0 saturated heterocycles. The quantitative estimate of drug-likeness (QED) is 0.277. The fraction of sp³-hybridized carbons (Fsp3) is 0.667. The number of aromatic nitrogens is 2. The van der Waals surface area contributed by atoms with Gasteiger partial charge in [0.15, 0.2) is 0 Å². The molecule has 0 bridgehead atoms. The van der Waals surface area contributed by atoms with Gasteiger partial charge in [-0.15, -0.1) is 0 Å². The van der Waals surface area contributed by atoms with E-state index < -0.39 is 0 Å². The fourth-order valence-electron chi connectivity index (χ4n) is 5.52. The second-order valence-corrected chi connectivity index (χ2v) is 10.1. The molecule has 2 heteroatoms. The molecule has 2 aromatic rings. The molecule has 0 atom stereocenters. The van der Waals surface area contributed by atoms with Crippen LogP contribution in [0.25, 0.3) is 11.3 Å². The van der Waals surface area contributed by atoms with Gasteiger partial charge in [-0.25, -0.2) is 9.97 Å². The van der Waals surface area contributed by atoms with E-state index in [-0.39, 0.29) is 0 Å². The van der Waals surface area contributed by atoms with Gasteiger partial charge in [-0.1, -0.05) is 115 Å². The third-order valence-electron chi connectivity index (χ3n) is 7.61. The number of rotatable bonds is 14. The van der Waals surface area contributed by atoms with E-state index in [2.05, 4.69) is 49.3 Å². The highest BCUT2D eigenvalue weighted by molar-refractivity contribution is 5.66. The topological polar surface area (TPSA) is 25.8 Å². The zero-order valence-corrected chi connectivity index (χ0v) is 20.8. The Morgan fingerprint density at radius 1 is 0.719 bits per heavy atom. The smallest absolute Gasteiger partial charge is 0.116 e. The minimum atomic E-state index is 0.888. The van der Waals surface area contributed by atoms with Crippen LogP contribution in [-0.2, 0) is 12.8 Å². The molecule has 0 N–H and O–H groups in total. The average molecular weight is 435 g/mol. The maximum Gasteiger partial charge on any atom is 0.116 e. The molecule has 0 aliphatic heterocycles. The van der Waals surface area contributed by atoms with E-state index in [0.29, 0.717) is 0 Å². The van der Waals surface area contributed by atoms with Crippen LogP contribution < -0.4 is 0 Å². The van der Waals surface area contributed by atoms with Crippen molar-refractivity contribution in [3.8, 4) is 11.3 Å². The molecule has 0 spiro atoms. The van der Waals surface area contributed by atoms with Crippen LogP contribution in [0.5, 0.6) is 0 Å². The van der Waals surface area contributed by atoms with Crippen LogP contribution in [0.15, 0.2) is 36.8 Å². The molecule has 1 aromatic heterocycles. The molecule has 3 rings (SSSR count). The van der Waals surface area contributed by atoms with Crippen molar-refractivity contribution in [1.29, 1.82) is 0 Å².